The van der Waals surface area contributed by atoms with E-state index in [2.05, 4.69) is 13.8 Å². The highest BCUT2D eigenvalue weighted by atomic mass is 16.5. The summed E-state index contributed by atoms with van der Waals surface area (Å²) in [5, 5.41) is 8.89. The van der Waals surface area contributed by atoms with Crippen LogP contribution in [-0.2, 0) is 4.74 Å². The lowest BCUT2D eigenvalue weighted by atomic mass is 9.96. The van der Waals surface area contributed by atoms with Crippen molar-refractivity contribution in [1.82, 2.24) is 0 Å². The molecule has 10 heavy (non-hydrogen) atoms. The third-order valence-electron chi connectivity index (χ3n) is 2.16. The van der Waals surface area contributed by atoms with Gasteiger partial charge in [-0.3, -0.25) is 0 Å². The van der Waals surface area contributed by atoms with E-state index in [1.807, 2.05) is 6.92 Å². The van der Waals surface area contributed by atoms with Gasteiger partial charge < -0.3 is 9.84 Å². The number of hydrogen-bond acceptors (Lipinski definition) is 2. The molecule has 1 N–H and O–H groups in total. The fourth-order valence-corrected chi connectivity index (χ4v) is 1.66. The Morgan fingerprint density at radius 2 is 2.20 bits per heavy atom. The average Bonchev–Trinajstić information content (AvgIpc) is 2.05. The van der Waals surface area contributed by atoms with E-state index in [9.17, 15) is 0 Å². The van der Waals surface area contributed by atoms with Crippen molar-refractivity contribution in [3.05, 3.63) is 0 Å². The van der Waals surface area contributed by atoms with Crippen molar-refractivity contribution < 1.29 is 9.84 Å². The molecule has 1 fully saturated rings. The summed E-state index contributed by atoms with van der Waals surface area (Å²) in [5.74, 6) is 0.343. The third-order valence-corrected chi connectivity index (χ3v) is 2.16. The number of hydrogen-bond donors (Lipinski definition) is 1. The predicted octanol–water partition coefficient (Wildman–Crippen LogP) is 1.18. The molecule has 1 aliphatic rings. The van der Waals surface area contributed by atoms with Gasteiger partial charge in [0.2, 0.25) is 0 Å². The van der Waals surface area contributed by atoms with Crippen molar-refractivity contribution >= 4 is 0 Å². The summed E-state index contributed by atoms with van der Waals surface area (Å²) in [6, 6.07) is 0. The monoisotopic (exact) mass is 144 g/mol. The van der Waals surface area contributed by atoms with E-state index in [0.717, 1.165) is 6.42 Å². The van der Waals surface area contributed by atoms with Crippen LogP contribution in [0.3, 0.4) is 0 Å². The van der Waals surface area contributed by atoms with Crippen LogP contribution >= 0.6 is 0 Å². The Hall–Kier alpha value is -0.0800. The summed E-state index contributed by atoms with van der Waals surface area (Å²) in [6.07, 6.45) is 1.20. The van der Waals surface area contributed by atoms with Crippen LogP contribution in [0.1, 0.15) is 27.2 Å². The molecule has 1 heterocycles. The molecule has 0 aromatic rings. The Bertz CT molecular complexity index is 120. The van der Waals surface area contributed by atoms with Crippen LogP contribution in [-0.4, -0.2) is 23.4 Å². The SMILES string of the molecule is C[C@H]1OC(C)(C)CC1CO. The molecular weight excluding hydrogens is 128 g/mol. The summed E-state index contributed by atoms with van der Waals surface area (Å²) in [6.45, 7) is 6.42. The Morgan fingerprint density at radius 1 is 1.60 bits per heavy atom. The van der Waals surface area contributed by atoms with Crippen molar-refractivity contribution in [2.75, 3.05) is 6.61 Å². The van der Waals surface area contributed by atoms with Crippen LogP contribution in [0, 0.1) is 5.92 Å². The van der Waals surface area contributed by atoms with Gasteiger partial charge in [-0.15, -0.1) is 0 Å². The molecule has 0 bridgehead atoms. The third kappa shape index (κ3) is 1.50. The number of aliphatic hydroxyl groups is 1. The van der Waals surface area contributed by atoms with Gasteiger partial charge in [0.1, 0.15) is 0 Å². The van der Waals surface area contributed by atoms with E-state index in [0.29, 0.717) is 5.92 Å². The highest BCUT2D eigenvalue weighted by molar-refractivity contribution is 4.85. The molecule has 0 amide bonds. The summed E-state index contributed by atoms with van der Waals surface area (Å²) < 4.78 is 5.59. The average molecular weight is 144 g/mol. The molecule has 1 unspecified atom stereocenters. The molecule has 1 aliphatic heterocycles. The smallest absolute Gasteiger partial charge is 0.0634 e. The molecule has 2 heteroatoms. The van der Waals surface area contributed by atoms with E-state index in [4.69, 9.17) is 9.84 Å². The minimum absolute atomic E-state index is 0.0210. The maximum Gasteiger partial charge on any atom is 0.0634 e. The Labute approximate surface area is 62.2 Å². The van der Waals surface area contributed by atoms with E-state index in [1.165, 1.54) is 0 Å². The molecule has 0 saturated carbocycles. The quantitative estimate of drug-likeness (QED) is 0.599. The number of ether oxygens (including phenoxy) is 1. The maximum absolute atomic E-state index is 8.89. The second kappa shape index (κ2) is 2.51. The fourth-order valence-electron chi connectivity index (χ4n) is 1.66. The maximum atomic E-state index is 8.89. The number of rotatable bonds is 1. The molecular formula is C8H16O2. The van der Waals surface area contributed by atoms with Crippen LogP contribution in [0.4, 0.5) is 0 Å². The van der Waals surface area contributed by atoms with E-state index < -0.39 is 0 Å². The van der Waals surface area contributed by atoms with Gasteiger partial charge in [0.05, 0.1) is 11.7 Å². The lowest BCUT2D eigenvalue weighted by Crippen LogP contribution is -2.18. The minimum atomic E-state index is -0.0210. The van der Waals surface area contributed by atoms with Crippen LogP contribution in [0.5, 0.6) is 0 Å². The molecule has 2 nitrogen and oxygen atoms in total. The molecule has 60 valence electrons. The van der Waals surface area contributed by atoms with Gasteiger partial charge in [-0.1, -0.05) is 0 Å². The predicted molar refractivity (Wildman–Crippen MR) is 39.8 cm³/mol. The zero-order valence-corrected chi connectivity index (χ0v) is 6.92. The van der Waals surface area contributed by atoms with Gasteiger partial charge in [0.15, 0.2) is 0 Å². The molecule has 0 spiro atoms. The fraction of sp³-hybridized carbons (Fsp3) is 1.00. The van der Waals surface area contributed by atoms with E-state index in [1.54, 1.807) is 0 Å². The Morgan fingerprint density at radius 3 is 2.40 bits per heavy atom. The summed E-state index contributed by atoms with van der Waals surface area (Å²) in [4.78, 5) is 0. The molecule has 0 radical (unpaired) electrons. The second-order valence-corrected chi connectivity index (χ2v) is 3.73. The Balaban J connectivity index is 2.52. The van der Waals surface area contributed by atoms with Crippen LogP contribution in [0.2, 0.25) is 0 Å². The van der Waals surface area contributed by atoms with Crippen molar-refractivity contribution in [2.24, 2.45) is 5.92 Å². The number of aliphatic hydroxyl groups excluding tert-OH is 1. The first-order valence-corrected chi connectivity index (χ1v) is 3.84. The molecule has 0 aromatic heterocycles. The lowest BCUT2D eigenvalue weighted by Gasteiger charge is -2.16. The first kappa shape index (κ1) is 8.02. The highest BCUT2D eigenvalue weighted by Gasteiger charge is 2.36. The first-order valence-electron chi connectivity index (χ1n) is 3.84. The van der Waals surface area contributed by atoms with Crippen LogP contribution < -0.4 is 0 Å². The van der Waals surface area contributed by atoms with Crippen molar-refractivity contribution in [3.63, 3.8) is 0 Å². The first-order chi connectivity index (χ1) is 4.55. The summed E-state index contributed by atoms with van der Waals surface area (Å²) >= 11 is 0. The van der Waals surface area contributed by atoms with Gasteiger partial charge in [-0.25, -0.2) is 0 Å². The van der Waals surface area contributed by atoms with Gasteiger partial charge in [0.25, 0.3) is 0 Å². The largest absolute Gasteiger partial charge is 0.396 e. The molecule has 0 aliphatic carbocycles. The van der Waals surface area contributed by atoms with Gasteiger partial charge in [-0.05, 0) is 27.2 Å². The van der Waals surface area contributed by atoms with Gasteiger partial charge >= 0.3 is 0 Å². The van der Waals surface area contributed by atoms with Crippen LogP contribution in [0.25, 0.3) is 0 Å². The molecule has 2 atom stereocenters. The zero-order chi connectivity index (χ0) is 7.78. The zero-order valence-electron chi connectivity index (χ0n) is 6.92. The molecule has 1 saturated heterocycles. The second-order valence-electron chi connectivity index (χ2n) is 3.73. The van der Waals surface area contributed by atoms with Crippen LogP contribution in [0.15, 0.2) is 0 Å². The standard InChI is InChI=1S/C8H16O2/c1-6-7(5-9)4-8(2,3)10-6/h6-7,9H,4-5H2,1-3H3/t6-,7?/m1/s1. The van der Waals surface area contributed by atoms with Crippen molar-refractivity contribution in [3.8, 4) is 0 Å². The normalized spacial score (nSPS) is 38.4. The molecule has 0 aromatic carbocycles. The Kier molecular flexibility index (Phi) is 2.02. The highest BCUT2D eigenvalue weighted by Crippen LogP contribution is 2.33. The summed E-state index contributed by atoms with van der Waals surface area (Å²) in [5.41, 5.74) is -0.0210. The lowest BCUT2D eigenvalue weighted by molar-refractivity contribution is -0.0146. The molecule has 1 rings (SSSR count). The topological polar surface area (TPSA) is 29.5 Å². The van der Waals surface area contributed by atoms with Crippen molar-refractivity contribution in [2.45, 2.75) is 38.9 Å². The van der Waals surface area contributed by atoms with Gasteiger partial charge in [0, 0.05) is 12.5 Å². The van der Waals surface area contributed by atoms with E-state index >= 15 is 0 Å². The van der Waals surface area contributed by atoms with E-state index in [-0.39, 0.29) is 18.3 Å². The van der Waals surface area contributed by atoms with Gasteiger partial charge in [-0.2, -0.15) is 0 Å². The minimum Gasteiger partial charge on any atom is -0.396 e. The van der Waals surface area contributed by atoms with Crippen molar-refractivity contribution in [1.29, 1.82) is 0 Å². The summed E-state index contributed by atoms with van der Waals surface area (Å²) in [7, 11) is 0.